The van der Waals surface area contributed by atoms with Gasteiger partial charge in [-0.05, 0) is 38.5 Å². The molecule has 2 N–H and O–H groups in total. The zero-order valence-corrected chi connectivity index (χ0v) is 20.4. The zero-order chi connectivity index (χ0) is 20.9. The van der Waals surface area contributed by atoms with Crippen LogP contribution in [0.2, 0.25) is 0 Å². The van der Waals surface area contributed by atoms with Crippen molar-refractivity contribution >= 4 is 41.8 Å². The van der Waals surface area contributed by atoms with Crippen LogP contribution in [-0.4, -0.2) is 74.5 Å². The Bertz CT molecular complexity index is 648. The molecule has 0 bridgehead atoms. The van der Waals surface area contributed by atoms with Gasteiger partial charge in [0, 0.05) is 33.2 Å². The molecular formula is C20H34IN5O3. The Morgan fingerprint density at radius 3 is 2.21 bits per heavy atom. The van der Waals surface area contributed by atoms with E-state index in [2.05, 4.69) is 15.6 Å². The van der Waals surface area contributed by atoms with E-state index in [1.807, 2.05) is 45.0 Å². The Kier molecular flexibility index (Phi) is 13.8. The lowest BCUT2D eigenvalue weighted by Crippen LogP contribution is -2.46. The highest BCUT2D eigenvalue weighted by atomic mass is 127. The van der Waals surface area contributed by atoms with Gasteiger partial charge in [-0.3, -0.25) is 9.59 Å². The SMILES string of the molecule is CCNC(=NCC(=O)NCc1ccc(OC)cc1)N(C)CC(=O)N(CC)CC.I. The van der Waals surface area contributed by atoms with E-state index in [-0.39, 0.29) is 48.9 Å². The number of amides is 2. The van der Waals surface area contributed by atoms with Gasteiger partial charge in [0.05, 0.1) is 13.7 Å². The number of nitrogens with zero attached hydrogens (tertiary/aromatic N) is 3. The first-order valence-corrected chi connectivity index (χ1v) is 9.61. The van der Waals surface area contributed by atoms with Crippen molar-refractivity contribution in [2.24, 2.45) is 4.99 Å². The zero-order valence-electron chi connectivity index (χ0n) is 18.0. The number of halogens is 1. The third kappa shape index (κ3) is 9.82. The first kappa shape index (κ1) is 27.0. The third-order valence-electron chi connectivity index (χ3n) is 4.21. The quantitative estimate of drug-likeness (QED) is 0.279. The number of benzene rings is 1. The van der Waals surface area contributed by atoms with Gasteiger partial charge in [0.1, 0.15) is 12.3 Å². The van der Waals surface area contributed by atoms with Crippen molar-refractivity contribution in [1.29, 1.82) is 0 Å². The summed E-state index contributed by atoms with van der Waals surface area (Å²) in [5, 5.41) is 5.96. The largest absolute Gasteiger partial charge is 0.497 e. The molecule has 0 atom stereocenters. The van der Waals surface area contributed by atoms with Crippen LogP contribution in [0, 0.1) is 0 Å². The number of nitrogens with one attached hydrogen (secondary N) is 2. The number of likely N-dealkylation sites (N-methyl/N-ethyl adjacent to an activating group) is 2. The lowest BCUT2D eigenvalue weighted by atomic mass is 10.2. The van der Waals surface area contributed by atoms with Gasteiger partial charge in [-0.1, -0.05) is 12.1 Å². The van der Waals surface area contributed by atoms with Gasteiger partial charge in [-0.2, -0.15) is 0 Å². The maximum Gasteiger partial charge on any atom is 0.242 e. The van der Waals surface area contributed by atoms with Crippen LogP contribution >= 0.6 is 24.0 Å². The van der Waals surface area contributed by atoms with Gasteiger partial charge < -0.3 is 25.2 Å². The average molecular weight is 519 g/mol. The van der Waals surface area contributed by atoms with E-state index in [4.69, 9.17) is 4.74 Å². The molecule has 29 heavy (non-hydrogen) atoms. The number of methoxy groups -OCH3 is 1. The number of guanidine groups is 1. The molecule has 1 aromatic carbocycles. The highest BCUT2D eigenvalue weighted by Gasteiger charge is 2.15. The van der Waals surface area contributed by atoms with Crippen molar-refractivity contribution in [2.45, 2.75) is 27.3 Å². The van der Waals surface area contributed by atoms with E-state index in [0.717, 1.165) is 11.3 Å². The average Bonchev–Trinajstić information content (AvgIpc) is 2.70. The molecule has 0 aliphatic carbocycles. The molecule has 8 nitrogen and oxygen atoms in total. The monoisotopic (exact) mass is 519 g/mol. The lowest BCUT2D eigenvalue weighted by molar-refractivity contribution is -0.131. The summed E-state index contributed by atoms with van der Waals surface area (Å²) in [6.45, 7) is 8.46. The minimum atomic E-state index is -0.185. The van der Waals surface area contributed by atoms with Crippen LogP contribution in [0.25, 0.3) is 0 Å². The second-order valence-corrected chi connectivity index (χ2v) is 6.22. The Morgan fingerprint density at radius 2 is 1.69 bits per heavy atom. The van der Waals surface area contributed by atoms with Crippen LogP contribution in [0.1, 0.15) is 26.3 Å². The van der Waals surface area contributed by atoms with Crippen LogP contribution in [0.4, 0.5) is 0 Å². The number of ether oxygens (including phenoxy) is 1. The number of hydrogen-bond donors (Lipinski definition) is 2. The molecule has 1 rings (SSSR count). The Labute approximate surface area is 191 Å². The highest BCUT2D eigenvalue weighted by Crippen LogP contribution is 2.10. The molecule has 0 heterocycles. The predicted molar refractivity (Wildman–Crippen MR) is 127 cm³/mol. The Hall–Kier alpha value is -2.04. The Balaban J connectivity index is 0.00000784. The summed E-state index contributed by atoms with van der Waals surface area (Å²) in [7, 11) is 3.40. The van der Waals surface area contributed by atoms with Crippen LogP contribution in [0.15, 0.2) is 29.3 Å². The summed E-state index contributed by atoms with van der Waals surface area (Å²) in [6.07, 6.45) is 0. The molecule has 0 saturated carbocycles. The fraction of sp³-hybridized carbons (Fsp3) is 0.550. The van der Waals surface area contributed by atoms with E-state index in [0.29, 0.717) is 32.1 Å². The van der Waals surface area contributed by atoms with Crippen molar-refractivity contribution in [3.63, 3.8) is 0 Å². The third-order valence-corrected chi connectivity index (χ3v) is 4.21. The number of carbonyl (C=O) groups is 2. The smallest absolute Gasteiger partial charge is 0.242 e. The normalized spacial score (nSPS) is 10.6. The van der Waals surface area contributed by atoms with E-state index < -0.39 is 0 Å². The van der Waals surface area contributed by atoms with Crippen molar-refractivity contribution in [3.05, 3.63) is 29.8 Å². The molecule has 0 unspecified atom stereocenters. The molecular weight excluding hydrogens is 485 g/mol. The van der Waals surface area contributed by atoms with Gasteiger partial charge >= 0.3 is 0 Å². The van der Waals surface area contributed by atoms with E-state index in [9.17, 15) is 9.59 Å². The van der Waals surface area contributed by atoms with Crippen LogP contribution in [0.3, 0.4) is 0 Å². The van der Waals surface area contributed by atoms with Gasteiger partial charge in [-0.15, -0.1) is 24.0 Å². The maximum absolute atomic E-state index is 12.3. The second kappa shape index (κ2) is 14.9. The molecule has 2 amide bonds. The van der Waals surface area contributed by atoms with Crippen molar-refractivity contribution in [3.8, 4) is 5.75 Å². The van der Waals surface area contributed by atoms with Crippen molar-refractivity contribution in [2.75, 3.05) is 46.9 Å². The van der Waals surface area contributed by atoms with Crippen molar-refractivity contribution in [1.82, 2.24) is 20.4 Å². The minimum absolute atomic E-state index is 0. The van der Waals surface area contributed by atoms with Gasteiger partial charge in [-0.25, -0.2) is 4.99 Å². The molecule has 164 valence electrons. The van der Waals surface area contributed by atoms with E-state index in [1.54, 1.807) is 24.0 Å². The predicted octanol–water partition coefficient (Wildman–Crippen LogP) is 1.70. The number of carbonyl (C=O) groups excluding carboxylic acids is 2. The molecule has 0 spiro atoms. The van der Waals surface area contributed by atoms with E-state index >= 15 is 0 Å². The van der Waals surface area contributed by atoms with E-state index in [1.165, 1.54) is 0 Å². The van der Waals surface area contributed by atoms with Crippen LogP contribution in [0.5, 0.6) is 5.75 Å². The Morgan fingerprint density at radius 1 is 1.07 bits per heavy atom. The number of hydrogen-bond acceptors (Lipinski definition) is 4. The summed E-state index contributed by atoms with van der Waals surface area (Å²) in [5.41, 5.74) is 0.979. The molecule has 0 aliphatic rings. The molecule has 9 heteroatoms. The standard InChI is InChI=1S/C20H33N5O3.HI/c1-6-21-20(24(4)15-19(27)25(7-2)8-3)23-14-18(26)22-13-16-9-11-17(28-5)12-10-16;/h9-12H,6-8,13-15H2,1-5H3,(H,21,23)(H,22,26);1H. The summed E-state index contributed by atoms with van der Waals surface area (Å²) >= 11 is 0. The summed E-state index contributed by atoms with van der Waals surface area (Å²) in [6, 6.07) is 7.51. The molecule has 0 aliphatic heterocycles. The summed E-state index contributed by atoms with van der Waals surface area (Å²) < 4.78 is 5.12. The highest BCUT2D eigenvalue weighted by molar-refractivity contribution is 14.0. The summed E-state index contributed by atoms with van der Waals surface area (Å²) in [4.78, 5) is 32.3. The maximum atomic E-state index is 12.3. The number of rotatable bonds is 10. The second-order valence-electron chi connectivity index (χ2n) is 6.22. The molecule has 1 aromatic rings. The lowest BCUT2D eigenvalue weighted by Gasteiger charge is -2.25. The van der Waals surface area contributed by atoms with Gasteiger partial charge in [0.25, 0.3) is 0 Å². The first-order valence-electron chi connectivity index (χ1n) is 9.61. The van der Waals surface area contributed by atoms with Crippen molar-refractivity contribution < 1.29 is 14.3 Å². The first-order chi connectivity index (χ1) is 13.4. The molecule has 0 fully saturated rings. The van der Waals surface area contributed by atoms with Crippen LogP contribution < -0.4 is 15.4 Å². The summed E-state index contributed by atoms with van der Waals surface area (Å²) in [5.74, 6) is 1.15. The fourth-order valence-corrected chi connectivity index (χ4v) is 2.57. The fourth-order valence-electron chi connectivity index (χ4n) is 2.57. The molecule has 0 saturated heterocycles. The van der Waals surface area contributed by atoms with Gasteiger partial charge in [0.15, 0.2) is 5.96 Å². The van der Waals surface area contributed by atoms with Crippen LogP contribution in [-0.2, 0) is 16.1 Å². The van der Waals surface area contributed by atoms with Gasteiger partial charge in [0.2, 0.25) is 11.8 Å². The molecule has 0 radical (unpaired) electrons. The topological polar surface area (TPSA) is 86.3 Å². The number of aliphatic imine (C=N–C) groups is 1. The minimum Gasteiger partial charge on any atom is -0.497 e. The molecule has 0 aromatic heterocycles.